The first kappa shape index (κ1) is 11.5. The molecule has 2 unspecified atom stereocenters. The first-order valence-electron chi connectivity index (χ1n) is 5.80. The van der Waals surface area contributed by atoms with E-state index >= 15 is 0 Å². The molecular weight excluding hydrogens is 210 g/mol. The third-order valence-electron chi connectivity index (χ3n) is 3.32. The van der Waals surface area contributed by atoms with Crippen LogP contribution in [0.4, 0.5) is 8.78 Å². The van der Waals surface area contributed by atoms with Crippen molar-refractivity contribution in [2.45, 2.75) is 44.1 Å². The zero-order chi connectivity index (χ0) is 11.5. The predicted molar refractivity (Wildman–Crippen MR) is 58.2 cm³/mol. The van der Waals surface area contributed by atoms with Crippen molar-refractivity contribution in [1.29, 1.82) is 0 Å². The molecule has 16 heavy (non-hydrogen) atoms. The monoisotopic (exact) mass is 226 g/mol. The van der Waals surface area contributed by atoms with Crippen molar-refractivity contribution in [3.8, 4) is 0 Å². The highest BCUT2D eigenvalue weighted by molar-refractivity contribution is 5.23. The standard InChI is InChI=1S/C13H16F2O/c14-12-7-3-6-11(13(12)15)9-4-1-2-5-10(16)8-9/h3,6-7,9-10,16H,1-2,4-5,8H2. The Morgan fingerprint density at radius 3 is 2.69 bits per heavy atom. The Balaban J connectivity index is 2.24. The molecule has 1 N–H and O–H groups in total. The molecule has 1 aliphatic rings. The normalized spacial score (nSPS) is 26.4. The van der Waals surface area contributed by atoms with Crippen LogP contribution in [-0.2, 0) is 0 Å². The third-order valence-corrected chi connectivity index (χ3v) is 3.32. The summed E-state index contributed by atoms with van der Waals surface area (Å²) in [6.45, 7) is 0. The second-order valence-corrected chi connectivity index (χ2v) is 4.51. The average molecular weight is 226 g/mol. The molecule has 0 amide bonds. The van der Waals surface area contributed by atoms with Gasteiger partial charge in [-0.05, 0) is 36.8 Å². The summed E-state index contributed by atoms with van der Waals surface area (Å²) in [5, 5.41) is 9.66. The van der Waals surface area contributed by atoms with E-state index in [0.29, 0.717) is 12.0 Å². The lowest BCUT2D eigenvalue weighted by molar-refractivity contribution is 0.151. The average Bonchev–Trinajstić information content (AvgIpc) is 2.47. The van der Waals surface area contributed by atoms with Gasteiger partial charge in [0.05, 0.1) is 6.10 Å². The molecule has 1 fully saturated rings. The van der Waals surface area contributed by atoms with Crippen molar-refractivity contribution < 1.29 is 13.9 Å². The van der Waals surface area contributed by atoms with Crippen LogP contribution in [0.25, 0.3) is 0 Å². The third kappa shape index (κ3) is 2.40. The van der Waals surface area contributed by atoms with Crippen molar-refractivity contribution in [3.63, 3.8) is 0 Å². The summed E-state index contributed by atoms with van der Waals surface area (Å²) in [5.41, 5.74) is 0.418. The Hall–Kier alpha value is -0.960. The Kier molecular flexibility index (Phi) is 3.54. The number of aliphatic hydroxyl groups excluding tert-OH is 1. The Labute approximate surface area is 94.1 Å². The largest absolute Gasteiger partial charge is 0.393 e. The van der Waals surface area contributed by atoms with Gasteiger partial charge < -0.3 is 5.11 Å². The molecule has 0 bridgehead atoms. The molecule has 1 aromatic carbocycles. The van der Waals surface area contributed by atoms with Gasteiger partial charge in [0.1, 0.15) is 0 Å². The summed E-state index contributed by atoms with van der Waals surface area (Å²) in [4.78, 5) is 0. The molecule has 0 radical (unpaired) electrons. The fourth-order valence-electron chi connectivity index (χ4n) is 2.45. The molecule has 1 saturated carbocycles. The predicted octanol–water partition coefficient (Wildman–Crippen LogP) is 3.37. The molecule has 1 aromatic rings. The number of hydrogen-bond donors (Lipinski definition) is 1. The van der Waals surface area contributed by atoms with Gasteiger partial charge in [0, 0.05) is 0 Å². The van der Waals surface area contributed by atoms with E-state index in [1.807, 2.05) is 0 Å². The van der Waals surface area contributed by atoms with Crippen molar-refractivity contribution >= 4 is 0 Å². The molecule has 0 aliphatic heterocycles. The lowest BCUT2D eigenvalue weighted by Crippen LogP contribution is -2.11. The highest BCUT2D eigenvalue weighted by Crippen LogP contribution is 2.33. The molecule has 2 rings (SSSR count). The maximum Gasteiger partial charge on any atom is 0.162 e. The van der Waals surface area contributed by atoms with E-state index in [9.17, 15) is 13.9 Å². The van der Waals surface area contributed by atoms with Crippen LogP contribution >= 0.6 is 0 Å². The van der Waals surface area contributed by atoms with E-state index < -0.39 is 11.6 Å². The zero-order valence-corrected chi connectivity index (χ0v) is 9.13. The fourth-order valence-corrected chi connectivity index (χ4v) is 2.45. The number of rotatable bonds is 1. The molecule has 3 heteroatoms. The minimum Gasteiger partial charge on any atom is -0.393 e. The van der Waals surface area contributed by atoms with E-state index in [-0.39, 0.29) is 12.0 Å². The van der Waals surface area contributed by atoms with Gasteiger partial charge in [-0.1, -0.05) is 25.0 Å². The van der Waals surface area contributed by atoms with Crippen LogP contribution in [-0.4, -0.2) is 11.2 Å². The summed E-state index contributed by atoms with van der Waals surface area (Å²) >= 11 is 0. The number of aliphatic hydroxyl groups is 1. The Bertz CT molecular complexity index is 365. The lowest BCUT2D eigenvalue weighted by atomic mass is 9.90. The second kappa shape index (κ2) is 4.91. The quantitative estimate of drug-likeness (QED) is 0.728. The Morgan fingerprint density at radius 2 is 1.88 bits per heavy atom. The van der Waals surface area contributed by atoms with Crippen LogP contribution in [0.5, 0.6) is 0 Å². The molecule has 88 valence electrons. The van der Waals surface area contributed by atoms with Gasteiger partial charge in [0.2, 0.25) is 0 Å². The summed E-state index contributed by atoms with van der Waals surface area (Å²) in [5.74, 6) is -1.59. The van der Waals surface area contributed by atoms with Crippen LogP contribution in [0.3, 0.4) is 0 Å². The first-order valence-corrected chi connectivity index (χ1v) is 5.80. The second-order valence-electron chi connectivity index (χ2n) is 4.51. The van der Waals surface area contributed by atoms with Crippen molar-refractivity contribution in [1.82, 2.24) is 0 Å². The van der Waals surface area contributed by atoms with Gasteiger partial charge in [-0.25, -0.2) is 8.78 Å². The van der Waals surface area contributed by atoms with Crippen molar-refractivity contribution in [2.75, 3.05) is 0 Å². The summed E-state index contributed by atoms with van der Waals surface area (Å²) in [7, 11) is 0. The van der Waals surface area contributed by atoms with Crippen LogP contribution in [0.15, 0.2) is 18.2 Å². The van der Waals surface area contributed by atoms with Gasteiger partial charge in [0.15, 0.2) is 11.6 Å². The number of benzene rings is 1. The number of hydrogen-bond acceptors (Lipinski definition) is 1. The van der Waals surface area contributed by atoms with Crippen LogP contribution < -0.4 is 0 Å². The molecule has 0 spiro atoms. The van der Waals surface area contributed by atoms with E-state index in [4.69, 9.17) is 0 Å². The maximum atomic E-state index is 13.6. The van der Waals surface area contributed by atoms with Gasteiger partial charge in [-0.3, -0.25) is 0 Å². The molecule has 1 nitrogen and oxygen atoms in total. The molecule has 2 atom stereocenters. The van der Waals surface area contributed by atoms with E-state index in [2.05, 4.69) is 0 Å². The SMILES string of the molecule is OC1CCCCC(c2cccc(F)c2F)C1. The van der Waals surface area contributed by atoms with E-state index in [0.717, 1.165) is 31.7 Å². The molecule has 0 saturated heterocycles. The summed E-state index contributed by atoms with van der Waals surface area (Å²) in [6.07, 6.45) is 3.70. The summed E-state index contributed by atoms with van der Waals surface area (Å²) in [6, 6.07) is 4.29. The van der Waals surface area contributed by atoms with E-state index in [1.54, 1.807) is 6.07 Å². The maximum absolute atomic E-state index is 13.6. The van der Waals surface area contributed by atoms with Crippen LogP contribution in [0, 0.1) is 11.6 Å². The zero-order valence-electron chi connectivity index (χ0n) is 9.13. The minimum atomic E-state index is -0.795. The Morgan fingerprint density at radius 1 is 1.12 bits per heavy atom. The van der Waals surface area contributed by atoms with E-state index in [1.165, 1.54) is 6.07 Å². The lowest BCUT2D eigenvalue weighted by Gasteiger charge is -2.17. The first-order chi connectivity index (χ1) is 7.68. The smallest absolute Gasteiger partial charge is 0.162 e. The molecule has 0 aromatic heterocycles. The highest BCUT2D eigenvalue weighted by Gasteiger charge is 2.23. The van der Waals surface area contributed by atoms with Crippen LogP contribution in [0.2, 0.25) is 0 Å². The highest BCUT2D eigenvalue weighted by atomic mass is 19.2. The van der Waals surface area contributed by atoms with Gasteiger partial charge in [-0.2, -0.15) is 0 Å². The summed E-state index contributed by atoms with van der Waals surface area (Å²) < 4.78 is 26.7. The van der Waals surface area contributed by atoms with Crippen molar-refractivity contribution in [2.24, 2.45) is 0 Å². The van der Waals surface area contributed by atoms with Gasteiger partial charge in [0.25, 0.3) is 0 Å². The molecule has 0 heterocycles. The molecular formula is C13H16F2O. The van der Waals surface area contributed by atoms with Crippen LogP contribution in [0.1, 0.15) is 43.6 Å². The van der Waals surface area contributed by atoms with Gasteiger partial charge in [-0.15, -0.1) is 0 Å². The topological polar surface area (TPSA) is 20.2 Å². The fraction of sp³-hybridized carbons (Fsp3) is 0.538. The number of halogens is 2. The minimum absolute atomic E-state index is 0.0480. The van der Waals surface area contributed by atoms with Gasteiger partial charge >= 0.3 is 0 Å². The molecule has 1 aliphatic carbocycles. The van der Waals surface area contributed by atoms with Crippen molar-refractivity contribution in [3.05, 3.63) is 35.4 Å².